The number of fused-ring (bicyclic) bond motifs is 1. The number of nitrogens with one attached hydrogen (secondary N) is 2. The first kappa shape index (κ1) is 20.9. The first-order valence-electron chi connectivity index (χ1n) is 9.85. The van der Waals surface area contributed by atoms with E-state index in [-0.39, 0.29) is 17.4 Å². The summed E-state index contributed by atoms with van der Waals surface area (Å²) in [7, 11) is 4.00. The molecule has 1 atom stereocenters. The second-order valence-corrected chi connectivity index (χ2v) is 8.40. The molecule has 6 heteroatoms. The van der Waals surface area contributed by atoms with Crippen molar-refractivity contribution in [2.24, 2.45) is 0 Å². The standard InChI is InChI=1S/C23H29N3O3/c1-23(2,17-8-6-5-7-9-17)14-21(27)24-15-18(26(3)4)12-16-10-11-19-20(13-16)29-22(28)25-19/h5-11,13,18H,12,14-15H2,1-4H3,(H,24,27)(H,25,28)/t18-/m0/s1. The first-order valence-corrected chi connectivity index (χ1v) is 9.85. The molecule has 0 saturated carbocycles. The SMILES string of the molecule is CN(C)[C@H](CNC(=O)CC(C)(C)c1ccccc1)Cc1ccc2[nH]c(=O)oc2c1. The molecule has 1 aromatic heterocycles. The zero-order chi connectivity index (χ0) is 21.0. The van der Waals surface area contributed by atoms with E-state index in [0.717, 1.165) is 17.5 Å². The summed E-state index contributed by atoms with van der Waals surface area (Å²) in [6.45, 7) is 4.72. The van der Waals surface area contributed by atoms with Crippen molar-refractivity contribution in [1.29, 1.82) is 0 Å². The van der Waals surface area contributed by atoms with Crippen LogP contribution in [0.4, 0.5) is 0 Å². The number of oxazole rings is 1. The number of amides is 1. The predicted molar refractivity (Wildman–Crippen MR) is 115 cm³/mol. The molecule has 0 radical (unpaired) electrons. The topological polar surface area (TPSA) is 78.3 Å². The predicted octanol–water partition coefficient (Wildman–Crippen LogP) is 3.08. The van der Waals surface area contributed by atoms with Crippen LogP contribution in [-0.4, -0.2) is 42.5 Å². The Balaban J connectivity index is 1.61. The molecule has 154 valence electrons. The Morgan fingerprint density at radius 1 is 1.17 bits per heavy atom. The van der Waals surface area contributed by atoms with Crippen LogP contribution in [-0.2, 0) is 16.6 Å². The van der Waals surface area contributed by atoms with Gasteiger partial charge in [-0.25, -0.2) is 4.79 Å². The molecule has 3 aromatic rings. The number of nitrogens with zero attached hydrogens (tertiary/aromatic N) is 1. The third-order valence-electron chi connectivity index (χ3n) is 5.38. The summed E-state index contributed by atoms with van der Waals surface area (Å²) in [4.78, 5) is 28.7. The average Bonchev–Trinajstić information content (AvgIpc) is 3.04. The van der Waals surface area contributed by atoms with E-state index in [0.29, 0.717) is 24.1 Å². The Bertz CT molecular complexity index is 1020. The van der Waals surface area contributed by atoms with Crippen molar-refractivity contribution >= 4 is 17.0 Å². The maximum atomic E-state index is 12.6. The van der Waals surface area contributed by atoms with Crippen LogP contribution in [0.3, 0.4) is 0 Å². The van der Waals surface area contributed by atoms with E-state index in [4.69, 9.17) is 4.42 Å². The highest BCUT2D eigenvalue weighted by Crippen LogP contribution is 2.26. The van der Waals surface area contributed by atoms with Crippen molar-refractivity contribution in [2.75, 3.05) is 20.6 Å². The molecule has 2 N–H and O–H groups in total. The highest BCUT2D eigenvalue weighted by atomic mass is 16.4. The van der Waals surface area contributed by atoms with E-state index in [1.807, 2.05) is 50.5 Å². The number of benzene rings is 2. The summed E-state index contributed by atoms with van der Waals surface area (Å²) < 4.78 is 5.15. The van der Waals surface area contributed by atoms with Gasteiger partial charge in [-0.15, -0.1) is 0 Å². The van der Waals surface area contributed by atoms with Crippen LogP contribution in [0.5, 0.6) is 0 Å². The maximum Gasteiger partial charge on any atom is 0.417 e. The highest BCUT2D eigenvalue weighted by molar-refractivity contribution is 5.77. The van der Waals surface area contributed by atoms with Crippen molar-refractivity contribution in [3.05, 3.63) is 70.2 Å². The van der Waals surface area contributed by atoms with Crippen LogP contribution in [0, 0.1) is 0 Å². The van der Waals surface area contributed by atoms with Crippen LogP contribution < -0.4 is 11.1 Å². The molecule has 0 aliphatic carbocycles. The molecule has 1 heterocycles. The van der Waals surface area contributed by atoms with E-state index in [1.165, 1.54) is 0 Å². The minimum absolute atomic E-state index is 0.0396. The largest absolute Gasteiger partial charge is 0.417 e. The third kappa shape index (κ3) is 5.35. The van der Waals surface area contributed by atoms with Crippen LogP contribution in [0.2, 0.25) is 0 Å². The number of carbonyl (C=O) groups excluding carboxylic acids is 1. The molecule has 0 bridgehead atoms. The van der Waals surface area contributed by atoms with E-state index >= 15 is 0 Å². The van der Waals surface area contributed by atoms with Gasteiger partial charge >= 0.3 is 5.76 Å². The van der Waals surface area contributed by atoms with Gasteiger partial charge in [0.05, 0.1) is 5.52 Å². The summed E-state index contributed by atoms with van der Waals surface area (Å²) >= 11 is 0. The smallest absolute Gasteiger partial charge is 0.408 e. The van der Waals surface area contributed by atoms with Gasteiger partial charge in [0.25, 0.3) is 0 Å². The molecule has 0 aliphatic rings. The van der Waals surface area contributed by atoms with E-state index in [9.17, 15) is 9.59 Å². The first-order chi connectivity index (χ1) is 13.7. The normalized spacial score (nSPS) is 13.0. The lowest BCUT2D eigenvalue weighted by molar-refractivity contribution is -0.122. The monoisotopic (exact) mass is 395 g/mol. The van der Waals surface area contributed by atoms with Gasteiger partial charge in [-0.3, -0.25) is 9.78 Å². The molecule has 0 saturated heterocycles. The second-order valence-electron chi connectivity index (χ2n) is 8.40. The van der Waals surface area contributed by atoms with Crippen LogP contribution >= 0.6 is 0 Å². The number of hydrogen-bond acceptors (Lipinski definition) is 4. The number of hydrogen-bond donors (Lipinski definition) is 2. The maximum absolute atomic E-state index is 12.6. The van der Waals surface area contributed by atoms with Crippen molar-refractivity contribution in [3.8, 4) is 0 Å². The summed E-state index contributed by atoms with van der Waals surface area (Å²) in [5.41, 5.74) is 3.23. The Labute approximate surface area is 170 Å². The number of carbonyl (C=O) groups is 1. The molecule has 0 spiro atoms. The Morgan fingerprint density at radius 2 is 1.90 bits per heavy atom. The zero-order valence-electron chi connectivity index (χ0n) is 17.5. The Kier molecular flexibility index (Phi) is 6.23. The van der Waals surface area contributed by atoms with Crippen molar-refractivity contribution in [2.45, 2.75) is 38.1 Å². The van der Waals surface area contributed by atoms with Crippen molar-refractivity contribution in [3.63, 3.8) is 0 Å². The Hall–Kier alpha value is -2.86. The number of rotatable bonds is 8. The van der Waals surface area contributed by atoms with Crippen molar-refractivity contribution in [1.82, 2.24) is 15.2 Å². The van der Waals surface area contributed by atoms with E-state index in [2.05, 4.69) is 41.2 Å². The third-order valence-corrected chi connectivity index (χ3v) is 5.38. The fourth-order valence-electron chi connectivity index (χ4n) is 3.51. The van der Waals surface area contributed by atoms with Gasteiger partial charge in [-0.05, 0) is 49.2 Å². The molecule has 2 aromatic carbocycles. The summed E-state index contributed by atoms with van der Waals surface area (Å²) in [5.74, 6) is -0.410. The number of aromatic amines is 1. The van der Waals surface area contributed by atoms with Gasteiger partial charge in [0.15, 0.2) is 5.58 Å². The Morgan fingerprint density at radius 3 is 2.59 bits per heavy atom. The lowest BCUT2D eigenvalue weighted by Gasteiger charge is -2.27. The van der Waals surface area contributed by atoms with Crippen LogP contribution in [0.1, 0.15) is 31.4 Å². The molecule has 1 amide bonds. The van der Waals surface area contributed by atoms with E-state index < -0.39 is 5.76 Å². The second kappa shape index (κ2) is 8.66. The van der Waals surface area contributed by atoms with Gasteiger partial charge in [0.1, 0.15) is 0 Å². The van der Waals surface area contributed by atoms with Gasteiger partial charge in [-0.2, -0.15) is 0 Å². The minimum Gasteiger partial charge on any atom is -0.408 e. The fourth-order valence-corrected chi connectivity index (χ4v) is 3.51. The summed E-state index contributed by atoms with van der Waals surface area (Å²) in [6, 6.07) is 15.9. The van der Waals surface area contributed by atoms with Crippen molar-refractivity contribution < 1.29 is 9.21 Å². The quantitative estimate of drug-likeness (QED) is 0.614. The molecule has 0 aliphatic heterocycles. The van der Waals surface area contributed by atoms with E-state index in [1.54, 1.807) is 0 Å². The summed E-state index contributed by atoms with van der Waals surface area (Å²) in [6.07, 6.45) is 1.16. The van der Waals surface area contributed by atoms with Gasteiger partial charge in [0.2, 0.25) is 5.91 Å². The molecular formula is C23H29N3O3. The van der Waals surface area contributed by atoms with Crippen LogP contribution in [0.15, 0.2) is 57.7 Å². The molecule has 6 nitrogen and oxygen atoms in total. The molecule has 29 heavy (non-hydrogen) atoms. The average molecular weight is 396 g/mol. The molecule has 0 fully saturated rings. The number of likely N-dealkylation sites (N-methyl/N-ethyl adjacent to an activating group) is 1. The molecule has 3 rings (SSSR count). The lowest BCUT2D eigenvalue weighted by Crippen LogP contribution is -2.42. The number of H-pyrrole nitrogens is 1. The lowest BCUT2D eigenvalue weighted by atomic mass is 9.81. The fraction of sp³-hybridized carbons (Fsp3) is 0.391. The van der Waals surface area contributed by atoms with Gasteiger partial charge in [-0.1, -0.05) is 50.2 Å². The summed E-state index contributed by atoms with van der Waals surface area (Å²) in [5, 5.41) is 3.09. The highest BCUT2D eigenvalue weighted by Gasteiger charge is 2.24. The number of aromatic nitrogens is 1. The zero-order valence-corrected chi connectivity index (χ0v) is 17.5. The van der Waals surface area contributed by atoms with Gasteiger partial charge < -0.3 is 14.6 Å². The van der Waals surface area contributed by atoms with Crippen LogP contribution in [0.25, 0.3) is 11.1 Å². The minimum atomic E-state index is -0.449. The molecule has 0 unspecified atom stereocenters. The molecular weight excluding hydrogens is 366 g/mol. The van der Waals surface area contributed by atoms with Gasteiger partial charge in [0, 0.05) is 19.0 Å².